The first kappa shape index (κ1) is 29.2. The van der Waals surface area contributed by atoms with E-state index in [4.69, 9.17) is 11.6 Å². The summed E-state index contributed by atoms with van der Waals surface area (Å²) < 4.78 is 1.36. The van der Waals surface area contributed by atoms with E-state index in [1.165, 1.54) is 15.6 Å². The van der Waals surface area contributed by atoms with Gasteiger partial charge in [0.05, 0.1) is 11.5 Å². The van der Waals surface area contributed by atoms with E-state index in [2.05, 4.69) is 27.5 Å². The number of aliphatic carboxylic acids is 1. The van der Waals surface area contributed by atoms with E-state index in [0.29, 0.717) is 18.9 Å². The van der Waals surface area contributed by atoms with Crippen LogP contribution in [-0.2, 0) is 9.59 Å². The zero-order chi connectivity index (χ0) is 26.9. The number of amides is 1. The standard InChI is InChI=1S/C31H47ClINO4/c32-26-11-5-1-8-23(26)18-34-28(21-15-13-20(19-35)14-16-21)31(30(37)38,17-22-7-2-6-12-27(22)33)25-10-4-3-9-24(25)29(34)36/h20-21,23-26,28,35H,1-19H2,(H,37,38)/t20?,21?,23?,24?,25?,26?,28-,31-/m0/s1. The molecule has 0 aromatic rings. The van der Waals surface area contributed by atoms with Gasteiger partial charge in [0.15, 0.2) is 0 Å². The Bertz CT molecular complexity index is 902. The van der Waals surface area contributed by atoms with E-state index in [0.717, 1.165) is 96.3 Å². The number of fused-ring (bicyclic) bond motifs is 1. The average Bonchev–Trinajstić information content (AvgIpc) is 2.93. The summed E-state index contributed by atoms with van der Waals surface area (Å²) in [5.74, 6) is -0.00411. The number of carboxylic acids is 1. The number of piperidine rings is 1. The van der Waals surface area contributed by atoms with Crippen LogP contribution in [0.5, 0.6) is 0 Å². The van der Waals surface area contributed by atoms with Crippen molar-refractivity contribution in [2.75, 3.05) is 13.2 Å². The van der Waals surface area contributed by atoms with Gasteiger partial charge in [-0.05, 0) is 133 Å². The summed E-state index contributed by atoms with van der Waals surface area (Å²) >= 11 is 9.36. The second kappa shape index (κ2) is 12.7. The Morgan fingerprint density at radius 2 is 1.63 bits per heavy atom. The van der Waals surface area contributed by atoms with Gasteiger partial charge in [-0.3, -0.25) is 9.59 Å². The van der Waals surface area contributed by atoms with Gasteiger partial charge < -0.3 is 15.1 Å². The second-order valence-electron chi connectivity index (χ2n) is 13.2. The zero-order valence-corrected chi connectivity index (χ0v) is 25.8. The summed E-state index contributed by atoms with van der Waals surface area (Å²) in [7, 11) is 0. The first-order valence-electron chi connectivity index (χ1n) is 15.5. The number of hydrogen-bond acceptors (Lipinski definition) is 3. The normalized spacial score (nSPS) is 40.7. The topological polar surface area (TPSA) is 77.8 Å². The number of carbonyl (C=O) groups is 2. The molecule has 1 amide bonds. The third-order valence-electron chi connectivity index (χ3n) is 11.1. The molecule has 0 radical (unpaired) electrons. The quantitative estimate of drug-likeness (QED) is 0.222. The van der Waals surface area contributed by atoms with Gasteiger partial charge >= 0.3 is 5.97 Å². The highest BCUT2D eigenvalue weighted by molar-refractivity contribution is 14.1. The second-order valence-corrected chi connectivity index (χ2v) is 15.1. The Morgan fingerprint density at radius 3 is 2.32 bits per heavy atom. The lowest BCUT2D eigenvalue weighted by Crippen LogP contribution is -2.69. The lowest BCUT2D eigenvalue weighted by atomic mass is 9.51. The molecule has 0 aromatic carbocycles. The molecule has 7 heteroatoms. The minimum atomic E-state index is -0.935. The molecule has 5 rings (SSSR count). The lowest BCUT2D eigenvalue weighted by Gasteiger charge is -2.59. The van der Waals surface area contributed by atoms with Crippen molar-refractivity contribution in [3.8, 4) is 0 Å². The Morgan fingerprint density at radius 1 is 0.947 bits per heavy atom. The van der Waals surface area contributed by atoms with Gasteiger partial charge in [0.25, 0.3) is 0 Å². The van der Waals surface area contributed by atoms with E-state index >= 15 is 0 Å². The van der Waals surface area contributed by atoms with Crippen LogP contribution in [-0.4, -0.2) is 51.6 Å². The maximum absolute atomic E-state index is 14.4. The van der Waals surface area contributed by atoms with E-state index in [9.17, 15) is 19.8 Å². The molecule has 6 atom stereocenters. The molecular formula is C31H47ClINO4. The van der Waals surface area contributed by atoms with Crippen LogP contribution in [0.2, 0.25) is 0 Å². The molecule has 1 aliphatic heterocycles. The maximum atomic E-state index is 14.4. The Balaban J connectivity index is 1.60. The average molecular weight is 660 g/mol. The third kappa shape index (κ3) is 5.57. The van der Waals surface area contributed by atoms with E-state index in [1.54, 1.807) is 0 Å². The number of halogens is 2. The predicted molar refractivity (Wildman–Crippen MR) is 159 cm³/mol. The summed E-state index contributed by atoms with van der Waals surface area (Å²) in [6.45, 7) is 0.821. The van der Waals surface area contributed by atoms with Gasteiger partial charge in [-0.2, -0.15) is 0 Å². The third-order valence-corrected chi connectivity index (χ3v) is 13.0. The number of likely N-dealkylation sites (tertiary alicyclic amines) is 1. The van der Waals surface area contributed by atoms with Crippen LogP contribution in [0.15, 0.2) is 9.15 Å². The van der Waals surface area contributed by atoms with Crippen molar-refractivity contribution in [1.82, 2.24) is 4.90 Å². The zero-order valence-electron chi connectivity index (χ0n) is 22.9. The molecule has 214 valence electrons. The van der Waals surface area contributed by atoms with E-state index < -0.39 is 11.4 Å². The van der Waals surface area contributed by atoms with E-state index in [-0.39, 0.29) is 47.6 Å². The molecule has 1 saturated heterocycles. The van der Waals surface area contributed by atoms with Gasteiger partial charge in [0.2, 0.25) is 5.91 Å². The highest BCUT2D eigenvalue weighted by Crippen LogP contribution is 2.58. The van der Waals surface area contributed by atoms with Crippen molar-refractivity contribution in [2.45, 2.75) is 121 Å². The van der Waals surface area contributed by atoms with Crippen molar-refractivity contribution in [1.29, 1.82) is 0 Å². The number of nitrogens with zero attached hydrogens (tertiary/aromatic N) is 1. The number of carbonyl (C=O) groups excluding carboxylic acids is 1. The minimum absolute atomic E-state index is 0.0626. The fourth-order valence-corrected chi connectivity index (χ4v) is 10.3. The fraction of sp³-hybridized carbons (Fsp3) is 0.871. The smallest absolute Gasteiger partial charge is 0.312 e. The first-order valence-corrected chi connectivity index (χ1v) is 17.0. The SMILES string of the molecule is O=C1C2CCCCC2[C@](CC2=C(I)CCCC2)(C(=O)O)[C@H](C2CCC(CO)CC2)N1CC1CCCCC1Cl. The number of aliphatic hydroxyl groups is 1. The summed E-state index contributed by atoms with van der Waals surface area (Å²) in [5.41, 5.74) is 0.412. The Labute approximate surface area is 247 Å². The predicted octanol–water partition coefficient (Wildman–Crippen LogP) is 7.32. The molecule has 2 N–H and O–H groups in total. The minimum Gasteiger partial charge on any atom is -0.481 e. The maximum Gasteiger partial charge on any atom is 0.312 e. The van der Waals surface area contributed by atoms with Crippen LogP contribution in [0.4, 0.5) is 0 Å². The van der Waals surface area contributed by atoms with Gasteiger partial charge in [0, 0.05) is 24.4 Å². The van der Waals surface area contributed by atoms with Gasteiger partial charge in [-0.25, -0.2) is 0 Å². The Kier molecular flexibility index (Phi) is 9.72. The van der Waals surface area contributed by atoms with Crippen molar-refractivity contribution < 1.29 is 19.8 Å². The summed E-state index contributed by atoms with van der Waals surface area (Å²) in [5, 5.41) is 21.3. The first-order chi connectivity index (χ1) is 18.4. The van der Waals surface area contributed by atoms with Crippen LogP contribution < -0.4 is 0 Å². The van der Waals surface area contributed by atoms with Gasteiger partial charge in [-0.1, -0.05) is 31.3 Å². The van der Waals surface area contributed by atoms with Crippen LogP contribution >= 0.6 is 34.2 Å². The molecule has 4 aliphatic carbocycles. The number of allylic oxidation sites excluding steroid dienone is 2. The largest absolute Gasteiger partial charge is 0.481 e. The van der Waals surface area contributed by atoms with Crippen LogP contribution in [0, 0.1) is 35.0 Å². The van der Waals surface area contributed by atoms with Crippen LogP contribution in [0.1, 0.15) is 109 Å². The number of alkyl halides is 1. The number of rotatable bonds is 7. The monoisotopic (exact) mass is 659 g/mol. The molecule has 5 aliphatic rings. The van der Waals surface area contributed by atoms with Crippen molar-refractivity contribution >= 4 is 46.1 Å². The highest BCUT2D eigenvalue weighted by atomic mass is 127. The molecule has 0 aromatic heterocycles. The van der Waals surface area contributed by atoms with Gasteiger partial charge in [-0.15, -0.1) is 11.6 Å². The number of hydrogen-bond donors (Lipinski definition) is 2. The fourth-order valence-electron chi connectivity index (χ4n) is 9.14. The number of aliphatic hydroxyl groups excluding tert-OH is 1. The van der Waals surface area contributed by atoms with E-state index in [1.807, 2.05) is 0 Å². The molecule has 0 spiro atoms. The van der Waals surface area contributed by atoms with Crippen molar-refractivity contribution in [3.05, 3.63) is 9.15 Å². The van der Waals surface area contributed by atoms with Crippen molar-refractivity contribution in [2.24, 2.45) is 35.0 Å². The van der Waals surface area contributed by atoms with Gasteiger partial charge in [0.1, 0.15) is 0 Å². The lowest BCUT2D eigenvalue weighted by molar-refractivity contribution is -0.187. The molecule has 4 fully saturated rings. The van der Waals surface area contributed by atoms with Crippen LogP contribution in [0.25, 0.3) is 0 Å². The molecule has 5 nitrogen and oxygen atoms in total. The number of carboxylic acid groups (broad SMARTS) is 1. The summed E-state index contributed by atoms with van der Waals surface area (Å²) in [6.07, 6.45) is 16.6. The Hall–Kier alpha value is -0.340. The molecule has 0 bridgehead atoms. The molecule has 3 saturated carbocycles. The molecule has 38 heavy (non-hydrogen) atoms. The summed E-state index contributed by atoms with van der Waals surface area (Å²) in [6, 6.07) is -0.282. The molecule has 4 unspecified atom stereocenters. The highest BCUT2D eigenvalue weighted by Gasteiger charge is 2.64. The van der Waals surface area contributed by atoms with Crippen LogP contribution in [0.3, 0.4) is 0 Å². The summed E-state index contributed by atoms with van der Waals surface area (Å²) in [4.78, 5) is 30.4. The van der Waals surface area contributed by atoms with Crippen molar-refractivity contribution in [3.63, 3.8) is 0 Å². The molecular weight excluding hydrogens is 613 g/mol. The molecule has 1 heterocycles.